The molecule has 1 unspecified atom stereocenters. The monoisotopic (exact) mass is 374 g/mol. The molecule has 0 radical (unpaired) electrons. The van der Waals surface area contributed by atoms with Crippen LogP contribution in [0.2, 0.25) is 0 Å². The first kappa shape index (κ1) is 17.9. The number of aryl methyl sites for hydroxylation is 1. The fourth-order valence-corrected chi connectivity index (χ4v) is 3.90. The largest absolute Gasteiger partial charge is 0.573 e. The highest BCUT2D eigenvalue weighted by Crippen LogP contribution is 2.31. The van der Waals surface area contributed by atoms with Gasteiger partial charge in [-0.3, -0.25) is 4.90 Å². The molecule has 0 aliphatic carbocycles. The summed E-state index contributed by atoms with van der Waals surface area (Å²) in [6.07, 6.45) is -2.72. The Labute approximate surface area is 156 Å². The third kappa shape index (κ3) is 3.95. The van der Waals surface area contributed by atoms with Crippen LogP contribution in [0, 0.1) is 0 Å². The summed E-state index contributed by atoms with van der Waals surface area (Å²) in [5.41, 5.74) is 3.40. The Bertz CT molecular complexity index is 934. The van der Waals surface area contributed by atoms with Gasteiger partial charge in [-0.05, 0) is 49.7 Å². The fourth-order valence-electron chi connectivity index (χ4n) is 3.90. The minimum Gasteiger partial charge on any atom is -0.406 e. The van der Waals surface area contributed by atoms with Crippen LogP contribution in [0.3, 0.4) is 0 Å². The van der Waals surface area contributed by atoms with Crippen molar-refractivity contribution in [1.29, 1.82) is 0 Å². The molecule has 4 rings (SSSR count). The molecule has 0 N–H and O–H groups in total. The molecule has 1 aromatic heterocycles. The number of hydrogen-bond donors (Lipinski definition) is 0. The minimum absolute atomic E-state index is 0.171. The van der Waals surface area contributed by atoms with Gasteiger partial charge in [0.25, 0.3) is 0 Å². The molecule has 2 aromatic carbocycles. The number of fused-ring (bicyclic) bond motifs is 3. The molecule has 0 saturated heterocycles. The lowest BCUT2D eigenvalue weighted by atomic mass is 10.0. The number of hydrogen-bond acceptors (Lipinski definition) is 2. The number of benzene rings is 2. The second kappa shape index (κ2) is 6.93. The van der Waals surface area contributed by atoms with Gasteiger partial charge < -0.3 is 9.30 Å². The van der Waals surface area contributed by atoms with Crippen LogP contribution in [0.1, 0.15) is 17.7 Å². The van der Waals surface area contributed by atoms with E-state index in [4.69, 9.17) is 0 Å². The summed E-state index contributed by atoms with van der Waals surface area (Å²) >= 11 is 0. The van der Waals surface area contributed by atoms with Crippen molar-refractivity contribution in [2.75, 3.05) is 7.05 Å². The predicted octanol–water partition coefficient (Wildman–Crippen LogP) is 4.99. The molecule has 2 heterocycles. The van der Waals surface area contributed by atoms with E-state index in [1.165, 1.54) is 23.4 Å². The van der Waals surface area contributed by atoms with Gasteiger partial charge in [-0.2, -0.15) is 0 Å². The van der Waals surface area contributed by atoms with E-state index in [0.717, 1.165) is 36.8 Å². The van der Waals surface area contributed by atoms with Crippen molar-refractivity contribution in [1.82, 2.24) is 9.47 Å². The predicted molar refractivity (Wildman–Crippen MR) is 98.6 cm³/mol. The van der Waals surface area contributed by atoms with Crippen molar-refractivity contribution in [3.05, 3.63) is 65.9 Å². The van der Waals surface area contributed by atoms with Crippen molar-refractivity contribution >= 4 is 10.9 Å². The third-order valence-electron chi connectivity index (χ3n) is 5.22. The summed E-state index contributed by atoms with van der Waals surface area (Å²) in [6, 6.07) is 17.3. The second-order valence-corrected chi connectivity index (χ2v) is 7.11. The maximum Gasteiger partial charge on any atom is 0.573 e. The normalized spacial score (nSPS) is 17.3. The Balaban J connectivity index is 1.54. The number of aromatic nitrogens is 1. The average molecular weight is 374 g/mol. The van der Waals surface area contributed by atoms with Gasteiger partial charge in [0.1, 0.15) is 5.75 Å². The van der Waals surface area contributed by atoms with E-state index in [2.05, 4.69) is 33.4 Å². The summed E-state index contributed by atoms with van der Waals surface area (Å²) in [7, 11) is 2.13. The Kier molecular flexibility index (Phi) is 4.60. The topological polar surface area (TPSA) is 17.4 Å². The van der Waals surface area contributed by atoms with E-state index in [1.807, 2.05) is 24.3 Å². The lowest BCUT2D eigenvalue weighted by molar-refractivity contribution is -0.274. The Morgan fingerprint density at radius 2 is 1.89 bits per heavy atom. The summed E-state index contributed by atoms with van der Waals surface area (Å²) in [5.74, 6) is -0.171. The Hall–Kier alpha value is -2.47. The zero-order valence-electron chi connectivity index (χ0n) is 15.0. The summed E-state index contributed by atoms with van der Waals surface area (Å²) in [6.45, 7) is 1.71. The first-order valence-corrected chi connectivity index (χ1v) is 9.01. The molecule has 3 nitrogen and oxygen atoms in total. The highest BCUT2D eigenvalue weighted by Gasteiger charge is 2.31. The van der Waals surface area contributed by atoms with E-state index in [9.17, 15) is 13.2 Å². The first-order valence-electron chi connectivity index (χ1n) is 9.01. The Morgan fingerprint density at radius 1 is 1.11 bits per heavy atom. The van der Waals surface area contributed by atoms with Crippen LogP contribution in [-0.4, -0.2) is 28.9 Å². The summed E-state index contributed by atoms with van der Waals surface area (Å²) < 4.78 is 43.6. The lowest BCUT2D eigenvalue weighted by Crippen LogP contribution is -2.38. The van der Waals surface area contributed by atoms with Gasteiger partial charge in [0.2, 0.25) is 0 Å². The van der Waals surface area contributed by atoms with Crippen LogP contribution in [0.15, 0.2) is 54.6 Å². The highest BCUT2D eigenvalue weighted by atomic mass is 19.4. The number of rotatable bonds is 4. The average Bonchev–Trinajstić information content (AvgIpc) is 2.98. The van der Waals surface area contributed by atoms with Crippen molar-refractivity contribution in [3.8, 4) is 5.75 Å². The molecule has 0 saturated carbocycles. The van der Waals surface area contributed by atoms with Gasteiger partial charge in [0.05, 0.1) is 0 Å². The fraction of sp³-hybridized carbons (Fsp3) is 0.333. The molecular formula is C21H21F3N2O. The molecule has 1 atom stereocenters. The molecule has 0 spiro atoms. The van der Waals surface area contributed by atoms with Crippen molar-refractivity contribution in [2.24, 2.45) is 0 Å². The number of alkyl halides is 3. The van der Waals surface area contributed by atoms with Crippen LogP contribution in [0.4, 0.5) is 13.2 Å². The van der Waals surface area contributed by atoms with Gasteiger partial charge in [-0.25, -0.2) is 0 Å². The maximum atomic E-state index is 12.5. The van der Waals surface area contributed by atoms with E-state index in [0.29, 0.717) is 6.04 Å². The van der Waals surface area contributed by atoms with Crippen LogP contribution in [0.25, 0.3) is 10.9 Å². The van der Waals surface area contributed by atoms with Gasteiger partial charge in [-0.1, -0.05) is 30.3 Å². The molecule has 6 heteroatoms. The molecule has 27 heavy (non-hydrogen) atoms. The van der Waals surface area contributed by atoms with Gasteiger partial charge in [0.15, 0.2) is 0 Å². The molecule has 1 aliphatic heterocycles. The third-order valence-corrected chi connectivity index (χ3v) is 5.22. The van der Waals surface area contributed by atoms with Crippen molar-refractivity contribution in [3.63, 3.8) is 0 Å². The molecule has 1 aliphatic rings. The van der Waals surface area contributed by atoms with Gasteiger partial charge in [0, 0.05) is 35.7 Å². The number of nitrogens with zero attached hydrogens (tertiary/aromatic N) is 2. The van der Waals surface area contributed by atoms with Crippen LogP contribution in [-0.2, 0) is 19.5 Å². The zero-order chi connectivity index (χ0) is 19.0. The summed E-state index contributed by atoms with van der Waals surface area (Å²) in [4.78, 5) is 2.35. The maximum absolute atomic E-state index is 12.5. The van der Waals surface area contributed by atoms with E-state index < -0.39 is 6.36 Å². The molecule has 3 aromatic rings. The highest BCUT2D eigenvalue weighted by molar-refractivity contribution is 5.83. The van der Waals surface area contributed by atoms with E-state index in [1.54, 1.807) is 6.07 Å². The molecule has 142 valence electrons. The Morgan fingerprint density at radius 3 is 2.63 bits per heavy atom. The SMILES string of the molecule is CN(Cc1ccccc1)C1CCc2cc3cc(OC(F)(F)F)ccc3n2C1. The standard InChI is InChI=1S/C21H21F3N2O/c1-25(13-15-5-3-2-4-6-15)18-8-7-17-11-16-12-19(27-21(22,23)24)9-10-20(16)26(17)14-18/h2-6,9-12,18H,7-8,13-14H2,1H3. The number of ether oxygens (including phenoxy) is 1. The zero-order valence-corrected chi connectivity index (χ0v) is 15.0. The molecule has 0 bridgehead atoms. The van der Waals surface area contributed by atoms with Gasteiger partial charge in [-0.15, -0.1) is 13.2 Å². The van der Waals surface area contributed by atoms with Gasteiger partial charge >= 0.3 is 6.36 Å². The molecule has 0 fully saturated rings. The van der Waals surface area contributed by atoms with E-state index >= 15 is 0 Å². The quantitative estimate of drug-likeness (QED) is 0.640. The molecule has 0 amide bonds. The van der Waals surface area contributed by atoms with Crippen LogP contribution in [0.5, 0.6) is 5.75 Å². The summed E-state index contributed by atoms with van der Waals surface area (Å²) in [5, 5.41) is 0.790. The first-order chi connectivity index (χ1) is 12.9. The van der Waals surface area contributed by atoms with E-state index in [-0.39, 0.29) is 5.75 Å². The minimum atomic E-state index is -4.67. The van der Waals surface area contributed by atoms with Crippen molar-refractivity contribution in [2.45, 2.75) is 38.3 Å². The number of halogens is 3. The lowest BCUT2D eigenvalue weighted by Gasteiger charge is -2.33. The molecular weight excluding hydrogens is 353 g/mol. The number of likely N-dealkylation sites (N-methyl/N-ethyl adjacent to an activating group) is 1. The second-order valence-electron chi connectivity index (χ2n) is 7.11. The van der Waals surface area contributed by atoms with Crippen LogP contribution >= 0.6 is 0 Å². The van der Waals surface area contributed by atoms with Crippen molar-refractivity contribution < 1.29 is 17.9 Å². The smallest absolute Gasteiger partial charge is 0.406 e. The van der Waals surface area contributed by atoms with Crippen LogP contribution < -0.4 is 4.74 Å².